The van der Waals surface area contributed by atoms with Crippen LogP contribution in [0.1, 0.15) is 59.8 Å². The molecule has 1 nitrogen and oxygen atoms in total. The predicted molar refractivity (Wildman–Crippen MR) is 63.6 cm³/mol. The van der Waals surface area contributed by atoms with Crippen LogP contribution in [0.3, 0.4) is 0 Å². The topological polar surface area (TPSA) is 3.24 Å². The summed E-state index contributed by atoms with van der Waals surface area (Å²) in [4.78, 5) is 2.74. The van der Waals surface area contributed by atoms with Crippen molar-refractivity contribution >= 4 is 0 Å². The molecule has 1 heterocycles. The maximum absolute atomic E-state index is 2.74. The fourth-order valence-corrected chi connectivity index (χ4v) is 3.02. The highest BCUT2D eigenvalue weighted by Gasteiger charge is 2.28. The molecule has 0 radical (unpaired) electrons. The number of hydrogen-bond acceptors (Lipinski definition) is 1. The zero-order valence-electron chi connectivity index (χ0n) is 10.4. The molecule has 0 saturated carbocycles. The van der Waals surface area contributed by atoms with Crippen molar-refractivity contribution in [1.29, 1.82) is 0 Å². The van der Waals surface area contributed by atoms with Gasteiger partial charge in [0.05, 0.1) is 0 Å². The molecule has 0 N–H and O–H groups in total. The molecule has 1 fully saturated rings. The summed E-state index contributed by atoms with van der Waals surface area (Å²) in [5.74, 6) is 0.949. The van der Waals surface area contributed by atoms with Gasteiger partial charge in [0, 0.05) is 12.1 Å². The van der Waals surface area contributed by atoms with Gasteiger partial charge < -0.3 is 0 Å². The first-order valence-electron chi connectivity index (χ1n) is 6.46. The molecule has 1 aliphatic heterocycles. The molecule has 0 aromatic rings. The van der Waals surface area contributed by atoms with Gasteiger partial charge in [-0.05, 0) is 45.6 Å². The number of likely N-dealkylation sites (tertiary alicyclic amines) is 1. The maximum atomic E-state index is 2.74. The highest BCUT2D eigenvalue weighted by Crippen LogP contribution is 2.28. The van der Waals surface area contributed by atoms with Crippen molar-refractivity contribution in [2.24, 2.45) is 5.92 Å². The Kier molecular flexibility index (Phi) is 4.94. The summed E-state index contributed by atoms with van der Waals surface area (Å²) < 4.78 is 0. The van der Waals surface area contributed by atoms with E-state index in [-0.39, 0.29) is 0 Å². The van der Waals surface area contributed by atoms with E-state index in [1.165, 1.54) is 38.6 Å². The molecule has 0 spiro atoms. The van der Waals surface area contributed by atoms with Crippen molar-refractivity contribution in [2.45, 2.75) is 71.9 Å². The van der Waals surface area contributed by atoms with E-state index in [1.807, 2.05) is 0 Å². The van der Waals surface area contributed by atoms with Crippen LogP contribution in [0, 0.1) is 5.92 Å². The van der Waals surface area contributed by atoms with E-state index in [2.05, 4.69) is 32.6 Å². The quantitative estimate of drug-likeness (QED) is 0.667. The molecular formula is C13H27N. The first kappa shape index (κ1) is 12.0. The molecule has 2 unspecified atom stereocenters. The van der Waals surface area contributed by atoms with E-state index in [0.717, 1.165) is 18.0 Å². The molecule has 0 amide bonds. The Labute approximate surface area is 89.9 Å². The lowest BCUT2D eigenvalue weighted by atomic mass is 9.90. The summed E-state index contributed by atoms with van der Waals surface area (Å²) in [5, 5.41) is 0. The summed E-state index contributed by atoms with van der Waals surface area (Å²) in [6.07, 6.45) is 7.00. The summed E-state index contributed by atoms with van der Waals surface area (Å²) in [5.41, 5.74) is 0. The van der Waals surface area contributed by atoms with Gasteiger partial charge in [0.2, 0.25) is 0 Å². The SMILES string of the molecule is CCC1CCCCN(C(C)C)C1CC. The van der Waals surface area contributed by atoms with Crippen LogP contribution < -0.4 is 0 Å². The molecule has 0 aliphatic carbocycles. The minimum atomic E-state index is 0.729. The lowest BCUT2D eigenvalue weighted by Gasteiger charge is -2.37. The summed E-state index contributed by atoms with van der Waals surface area (Å²) in [6, 6.07) is 1.58. The second kappa shape index (κ2) is 5.75. The molecule has 1 aliphatic rings. The van der Waals surface area contributed by atoms with Crippen LogP contribution in [-0.4, -0.2) is 23.5 Å². The van der Waals surface area contributed by atoms with Gasteiger partial charge in [-0.1, -0.05) is 26.7 Å². The van der Waals surface area contributed by atoms with Crippen LogP contribution in [0.2, 0.25) is 0 Å². The average molecular weight is 197 g/mol. The molecule has 0 bridgehead atoms. The average Bonchev–Trinajstić information content (AvgIpc) is 2.38. The monoisotopic (exact) mass is 197 g/mol. The Morgan fingerprint density at radius 1 is 1.14 bits per heavy atom. The Morgan fingerprint density at radius 3 is 2.36 bits per heavy atom. The number of rotatable bonds is 3. The Balaban J connectivity index is 2.69. The molecule has 1 heteroatoms. The second-order valence-electron chi connectivity index (χ2n) is 4.97. The van der Waals surface area contributed by atoms with Crippen LogP contribution in [0.4, 0.5) is 0 Å². The minimum Gasteiger partial charge on any atom is -0.298 e. The van der Waals surface area contributed by atoms with Crippen molar-refractivity contribution in [3.8, 4) is 0 Å². The maximum Gasteiger partial charge on any atom is 0.0123 e. The van der Waals surface area contributed by atoms with E-state index in [0.29, 0.717) is 0 Å². The zero-order valence-corrected chi connectivity index (χ0v) is 10.4. The minimum absolute atomic E-state index is 0.729. The van der Waals surface area contributed by atoms with Gasteiger partial charge in [-0.3, -0.25) is 4.90 Å². The lowest BCUT2D eigenvalue weighted by molar-refractivity contribution is 0.113. The Hall–Kier alpha value is -0.0400. The van der Waals surface area contributed by atoms with E-state index in [1.54, 1.807) is 0 Å². The van der Waals surface area contributed by atoms with Gasteiger partial charge in [-0.15, -0.1) is 0 Å². The first-order chi connectivity index (χ1) is 6.70. The summed E-state index contributed by atoms with van der Waals surface area (Å²) in [6.45, 7) is 10.7. The van der Waals surface area contributed by atoms with E-state index >= 15 is 0 Å². The molecular weight excluding hydrogens is 170 g/mol. The molecule has 14 heavy (non-hydrogen) atoms. The molecule has 1 saturated heterocycles. The molecule has 84 valence electrons. The molecule has 0 aromatic carbocycles. The van der Waals surface area contributed by atoms with Gasteiger partial charge in [0.1, 0.15) is 0 Å². The van der Waals surface area contributed by atoms with Crippen molar-refractivity contribution in [3.63, 3.8) is 0 Å². The number of nitrogens with zero attached hydrogens (tertiary/aromatic N) is 1. The van der Waals surface area contributed by atoms with Crippen LogP contribution in [0.5, 0.6) is 0 Å². The summed E-state index contributed by atoms with van der Waals surface area (Å²) in [7, 11) is 0. The normalized spacial score (nSPS) is 30.6. The Morgan fingerprint density at radius 2 is 1.86 bits per heavy atom. The van der Waals surface area contributed by atoms with Crippen molar-refractivity contribution < 1.29 is 0 Å². The predicted octanol–water partition coefficient (Wildman–Crippen LogP) is 3.69. The van der Waals surface area contributed by atoms with Gasteiger partial charge in [-0.25, -0.2) is 0 Å². The molecule has 0 aromatic heterocycles. The van der Waals surface area contributed by atoms with Crippen molar-refractivity contribution in [1.82, 2.24) is 4.90 Å². The highest BCUT2D eigenvalue weighted by atomic mass is 15.2. The van der Waals surface area contributed by atoms with Gasteiger partial charge >= 0.3 is 0 Å². The van der Waals surface area contributed by atoms with Crippen LogP contribution in [-0.2, 0) is 0 Å². The largest absolute Gasteiger partial charge is 0.298 e. The smallest absolute Gasteiger partial charge is 0.0123 e. The Bertz CT molecular complexity index is 153. The third kappa shape index (κ3) is 2.73. The van der Waals surface area contributed by atoms with Crippen LogP contribution in [0.15, 0.2) is 0 Å². The van der Waals surface area contributed by atoms with Gasteiger partial charge in [0.25, 0.3) is 0 Å². The summed E-state index contributed by atoms with van der Waals surface area (Å²) >= 11 is 0. The van der Waals surface area contributed by atoms with Crippen molar-refractivity contribution in [2.75, 3.05) is 6.54 Å². The molecule has 2 atom stereocenters. The molecule has 1 rings (SSSR count). The third-order valence-corrected chi connectivity index (χ3v) is 3.82. The van der Waals surface area contributed by atoms with Crippen LogP contribution >= 0.6 is 0 Å². The third-order valence-electron chi connectivity index (χ3n) is 3.82. The van der Waals surface area contributed by atoms with Gasteiger partial charge in [0.15, 0.2) is 0 Å². The fraction of sp³-hybridized carbons (Fsp3) is 1.00. The van der Waals surface area contributed by atoms with E-state index < -0.39 is 0 Å². The van der Waals surface area contributed by atoms with Crippen molar-refractivity contribution in [3.05, 3.63) is 0 Å². The fourth-order valence-electron chi connectivity index (χ4n) is 3.02. The lowest BCUT2D eigenvalue weighted by Crippen LogP contribution is -2.43. The van der Waals surface area contributed by atoms with E-state index in [4.69, 9.17) is 0 Å². The zero-order chi connectivity index (χ0) is 10.6. The van der Waals surface area contributed by atoms with E-state index in [9.17, 15) is 0 Å². The number of hydrogen-bond donors (Lipinski definition) is 0. The standard InChI is InChI=1S/C13H27N/c1-5-12-9-7-8-10-14(11(3)4)13(12)6-2/h11-13H,5-10H2,1-4H3. The first-order valence-corrected chi connectivity index (χ1v) is 6.46. The van der Waals surface area contributed by atoms with Gasteiger partial charge in [-0.2, -0.15) is 0 Å². The second-order valence-corrected chi connectivity index (χ2v) is 4.97. The van der Waals surface area contributed by atoms with Crippen LogP contribution in [0.25, 0.3) is 0 Å². The highest BCUT2D eigenvalue weighted by molar-refractivity contribution is 4.82.